The van der Waals surface area contributed by atoms with Gasteiger partial charge in [-0.3, -0.25) is 0 Å². The second-order valence-electron chi connectivity index (χ2n) is 11.0. The van der Waals surface area contributed by atoms with Crippen LogP contribution in [0.3, 0.4) is 0 Å². The molecule has 0 N–H and O–H groups in total. The molecule has 0 unspecified atom stereocenters. The average molecular weight is 439 g/mol. The summed E-state index contributed by atoms with van der Waals surface area (Å²) >= 11 is 0. The Morgan fingerprint density at radius 2 is 1.16 bits per heavy atom. The van der Waals surface area contributed by atoms with Crippen LogP contribution in [0.1, 0.15) is 114 Å². The molecule has 32 heavy (non-hydrogen) atoms. The summed E-state index contributed by atoms with van der Waals surface area (Å²) in [6.07, 6.45) is 28.0. The molecule has 0 aromatic heterocycles. The second kappa shape index (κ2) is 14.9. The fourth-order valence-electron chi connectivity index (χ4n) is 6.35. The van der Waals surface area contributed by atoms with E-state index in [1.165, 1.54) is 114 Å². The zero-order chi connectivity index (χ0) is 22.4. The van der Waals surface area contributed by atoms with Crippen molar-refractivity contribution in [3.63, 3.8) is 0 Å². The van der Waals surface area contributed by atoms with Crippen molar-refractivity contribution < 1.29 is 4.74 Å². The zero-order valence-corrected chi connectivity index (χ0v) is 21.2. The van der Waals surface area contributed by atoms with Gasteiger partial charge in [0.15, 0.2) is 0 Å². The van der Waals surface area contributed by atoms with Crippen molar-refractivity contribution in [1.82, 2.24) is 0 Å². The van der Waals surface area contributed by atoms with Crippen molar-refractivity contribution >= 4 is 0 Å². The maximum absolute atomic E-state index is 5.20. The molecule has 0 amide bonds. The molecule has 3 rings (SSSR count). The van der Waals surface area contributed by atoms with Gasteiger partial charge in [-0.2, -0.15) is 0 Å². The normalized spacial score (nSPS) is 26.6. The van der Waals surface area contributed by atoms with Crippen LogP contribution in [0.2, 0.25) is 0 Å². The van der Waals surface area contributed by atoms with Gasteiger partial charge in [-0.1, -0.05) is 101 Å². The summed E-state index contributed by atoms with van der Waals surface area (Å²) in [4.78, 5) is 0. The molecule has 0 bridgehead atoms. The SMILES string of the molecule is C/C=C/[C@H]1CC[C@H](CCCCC2CCC(CCCCc3ccc(COC)cc3)CC2)CC1. The first-order valence-electron chi connectivity index (χ1n) is 14.0. The van der Waals surface area contributed by atoms with E-state index >= 15 is 0 Å². The van der Waals surface area contributed by atoms with Crippen molar-refractivity contribution in [2.45, 2.75) is 116 Å². The summed E-state index contributed by atoms with van der Waals surface area (Å²) in [6, 6.07) is 9.01. The van der Waals surface area contributed by atoms with Crippen molar-refractivity contribution in [3.8, 4) is 0 Å². The number of ether oxygens (including phenoxy) is 1. The molecule has 0 atom stereocenters. The number of rotatable bonds is 13. The van der Waals surface area contributed by atoms with Crippen LogP contribution >= 0.6 is 0 Å². The molecule has 1 aromatic carbocycles. The average Bonchev–Trinajstić information content (AvgIpc) is 2.83. The lowest BCUT2D eigenvalue weighted by Crippen LogP contribution is -2.15. The summed E-state index contributed by atoms with van der Waals surface area (Å²) in [5.41, 5.74) is 2.76. The molecule has 0 aliphatic heterocycles. The molecule has 0 heterocycles. The van der Waals surface area contributed by atoms with Gasteiger partial charge in [-0.15, -0.1) is 0 Å². The molecular weight excluding hydrogens is 388 g/mol. The molecule has 2 fully saturated rings. The van der Waals surface area contributed by atoms with E-state index in [0.717, 1.165) is 30.3 Å². The summed E-state index contributed by atoms with van der Waals surface area (Å²) in [5.74, 6) is 3.99. The lowest BCUT2D eigenvalue weighted by molar-refractivity contribution is 0.185. The van der Waals surface area contributed by atoms with Gasteiger partial charge in [-0.25, -0.2) is 0 Å². The van der Waals surface area contributed by atoms with Crippen LogP contribution < -0.4 is 0 Å². The van der Waals surface area contributed by atoms with E-state index in [1.54, 1.807) is 7.11 Å². The van der Waals surface area contributed by atoms with Gasteiger partial charge < -0.3 is 4.74 Å². The summed E-state index contributed by atoms with van der Waals surface area (Å²) < 4.78 is 5.20. The number of allylic oxidation sites excluding steroid dienone is 2. The third-order valence-corrected chi connectivity index (χ3v) is 8.46. The van der Waals surface area contributed by atoms with Crippen molar-refractivity contribution in [1.29, 1.82) is 0 Å². The van der Waals surface area contributed by atoms with E-state index < -0.39 is 0 Å². The molecule has 1 nitrogen and oxygen atoms in total. The molecule has 2 saturated carbocycles. The largest absolute Gasteiger partial charge is 0.380 e. The molecular formula is C31H50O. The first-order chi connectivity index (χ1) is 15.8. The number of hydrogen-bond acceptors (Lipinski definition) is 1. The number of benzene rings is 1. The van der Waals surface area contributed by atoms with Crippen LogP contribution in [-0.4, -0.2) is 7.11 Å². The van der Waals surface area contributed by atoms with E-state index in [-0.39, 0.29) is 0 Å². The van der Waals surface area contributed by atoms with E-state index in [1.807, 2.05) is 0 Å². The Morgan fingerprint density at radius 3 is 1.66 bits per heavy atom. The van der Waals surface area contributed by atoms with Crippen LogP contribution in [-0.2, 0) is 17.8 Å². The van der Waals surface area contributed by atoms with Crippen LogP contribution in [0, 0.1) is 23.7 Å². The lowest BCUT2D eigenvalue weighted by atomic mass is 9.77. The Bertz CT molecular complexity index is 614. The Morgan fingerprint density at radius 1 is 0.688 bits per heavy atom. The second-order valence-corrected chi connectivity index (χ2v) is 11.0. The smallest absolute Gasteiger partial charge is 0.0713 e. The van der Waals surface area contributed by atoms with Gasteiger partial charge in [-0.05, 0) is 80.2 Å². The molecule has 2 aliphatic rings. The molecule has 180 valence electrons. The van der Waals surface area contributed by atoms with Gasteiger partial charge in [0.2, 0.25) is 0 Å². The quantitative estimate of drug-likeness (QED) is 0.220. The first kappa shape index (κ1) is 25.5. The fourth-order valence-corrected chi connectivity index (χ4v) is 6.35. The predicted octanol–water partition coefficient (Wildman–Crippen LogP) is 9.30. The Balaban J connectivity index is 1.17. The lowest BCUT2D eigenvalue weighted by Gasteiger charge is -2.29. The minimum atomic E-state index is 0.723. The van der Waals surface area contributed by atoms with Gasteiger partial charge in [0, 0.05) is 7.11 Å². The zero-order valence-electron chi connectivity index (χ0n) is 21.2. The number of hydrogen-bond donors (Lipinski definition) is 0. The van der Waals surface area contributed by atoms with Gasteiger partial charge in [0.1, 0.15) is 0 Å². The first-order valence-corrected chi connectivity index (χ1v) is 14.0. The Labute approximate surface area is 199 Å². The molecule has 0 radical (unpaired) electrons. The maximum atomic E-state index is 5.20. The Kier molecular flexibility index (Phi) is 11.9. The van der Waals surface area contributed by atoms with Gasteiger partial charge in [0.25, 0.3) is 0 Å². The Hall–Kier alpha value is -1.08. The minimum absolute atomic E-state index is 0.723. The highest BCUT2D eigenvalue weighted by Gasteiger charge is 2.22. The van der Waals surface area contributed by atoms with E-state index in [2.05, 4.69) is 43.3 Å². The van der Waals surface area contributed by atoms with Gasteiger partial charge in [0.05, 0.1) is 6.61 Å². The number of aryl methyl sites for hydroxylation is 1. The summed E-state index contributed by atoms with van der Waals surface area (Å²) in [6.45, 7) is 2.89. The maximum Gasteiger partial charge on any atom is 0.0713 e. The third-order valence-electron chi connectivity index (χ3n) is 8.46. The van der Waals surface area contributed by atoms with Gasteiger partial charge >= 0.3 is 0 Å². The van der Waals surface area contributed by atoms with Crippen LogP contribution in [0.5, 0.6) is 0 Å². The minimum Gasteiger partial charge on any atom is -0.380 e. The van der Waals surface area contributed by atoms with E-state index in [0.29, 0.717) is 0 Å². The van der Waals surface area contributed by atoms with Crippen molar-refractivity contribution in [3.05, 3.63) is 47.5 Å². The summed E-state index contributed by atoms with van der Waals surface area (Å²) in [5, 5.41) is 0. The highest BCUT2D eigenvalue weighted by Crippen LogP contribution is 2.36. The topological polar surface area (TPSA) is 9.23 Å². The monoisotopic (exact) mass is 438 g/mol. The highest BCUT2D eigenvalue weighted by molar-refractivity contribution is 5.22. The molecule has 2 aliphatic carbocycles. The predicted molar refractivity (Wildman–Crippen MR) is 139 cm³/mol. The molecule has 0 saturated heterocycles. The molecule has 0 spiro atoms. The standard InChI is InChI=1S/C31H50O/c1-3-8-26-13-15-27(16-14-26)9-4-5-10-28-17-19-29(20-18-28)11-6-7-12-30-21-23-31(24-22-30)25-32-2/h3,8,21-24,26-29H,4-7,9-20,25H2,1-2H3/b8-3+/t26-,27-,28?,29?. The summed E-state index contributed by atoms with van der Waals surface area (Å²) in [7, 11) is 1.76. The van der Waals surface area contributed by atoms with Crippen LogP contribution in [0.4, 0.5) is 0 Å². The van der Waals surface area contributed by atoms with E-state index in [4.69, 9.17) is 4.74 Å². The highest BCUT2D eigenvalue weighted by atomic mass is 16.5. The molecule has 1 heteroatoms. The molecule has 1 aromatic rings. The van der Waals surface area contributed by atoms with Crippen LogP contribution in [0.15, 0.2) is 36.4 Å². The van der Waals surface area contributed by atoms with Crippen molar-refractivity contribution in [2.75, 3.05) is 7.11 Å². The van der Waals surface area contributed by atoms with Crippen LogP contribution in [0.25, 0.3) is 0 Å². The van der Waals surface area contributed by atoms with Crippen molar-refractivity contribution in [2.24, 2.45) is 23.7 Å². The van der Waals surface area contributed by atoms with E-state index in [9.17, 15) is 0 Å². The number of methoxy groups -OCH3 is 1. The fraction of sp³-hybridized carbons (Fsp3) is 0.742. The number of unbranched alkanes of at least 4 members (excludes halogenated alkanes) is 2. The third kappa shape index (κ3) is 9.42.